The van der Waals surface area contributed by atoms with Gasteiger partial charge in [-0.1, -0.05) is 18.2 Å². The summed E-state index contributed by atoms with van der Waals surface area (Å²) in [4.78, 5) is 12.1. The normalized spacial score (nSPS) is 11.3. The Morgan fingerprint density at radius 3 is 2.43 bits per heavy atom. The van der Waals surface area contributed by atoms with Gasteiger partial charge in [-0.2, -0.15) is 13.2 Å². The van der Waals surface area contributed by atoms with Gasteiger partial charge in [-0.3, -0.25) is 4.79 Å². The number of halogens is 4. The van der Waals surface area contributed by atoms with E-state index in [4.69, 9.17) is 0 Å². The molecule has 6 heteroatoms. The van der Waals surface area contributed by atoms with Gasteiger partial charge in [0.15, 0.2) is 0 Å². The first kappa shape index (κ1) is 15.6. The summed E-state index contributed by atoms with van der Waals surface area (Å²) in [7, 11) is 0. The topological polar surface area (TPSA) is 29.1 Å². The fourth-order valence-electron chi connectivity index (χ4n) is 1.83. The van der Waals surface area contributed by atoms with Gasteiger partial charge in [0.2, 0.25) is 0 Å². The summed E-state index contributed by atoms with van der Waals surface area (Å²) < 4.78 is 39.2. The first-order valence-electron chi connectivity index (χ1n) is 6.03. The molecule has 2 aromatic rings. The second-order valence-electron chi connectivity index (χ2n) is 4.48. The molecule has 2 rings (SSSR count). The Hall–Kier alpha value is -1.82. The van der Waals surface area contributed by atoms with Gasteiger partial charge in [0, 0.05) is 4.47 Å². The van der Waals surface area contributed by atoms with Gasteiger partial charge >= 0.3 is 6.18 Å². The van der Waals surface area contributed by atoms with Crippen LogP contribution in [0.15, 0.2) is 46.9 Å². The van der Waals surface area contributed by atoms with E-state index >= 15 is 0 Å². The lowest BCUT2D eigenvalue weighted by Gasteiger charge is -2.14. The molecular weight excluding hydrogens is 347 g/mol. The molecular formula is C15H11BrF3NO. The Balaban J connectivity index is 2.32. The monoisotopic (exact) mass is 357 g/mol. The van der Waals surface area contributed by atoms with Crippen LogP contribution in [0.4, 0.5) is 18.9 Å². The van der Waals surface area contributed by atoms with Crippen molar-refractivity contribution in [2.75, 3.05) is 5.32 Å². The molecule has 0 aliphatic rings. The van der Waals surface area contributed by atoms with Crippen molar-refractivity contribution in [1.82, 2.24) is 0 Å². The lowest BCUT2D eigenvalue weighted by Crippen LogP contribution is -2.17. The van der Waals surface area contributed by atoms with Crippen LogP contribution >= 0.6 is 15.9 Å². The van der Waals surface area contributed by atoms with Crippen LogP contribution in [0, 0.1) is 6.92 Å². The molecule has 110 valence electrons. The number of carbonyl (C=O) groups excluding carboxylic acids is 1. The molecule has 0 saturated carbocycles. The Kier molecular flexibility index (Phi) is 4.37. The van der Waals surface area contributed by atoms with E-state index in [1.165, 1.54) is 18.2 Å². The van der Waals surface area contributed by atoms with E-state index < -0.39 is 17.6 Å². The molecule has 0 bridgehead atoms. The van der Waals surface area contributed by atoms with E-state index in [9.17, 15) is 18.0 Å². The van der Waals surface area contributed by atoms with Crippen molar-refractivity contribution in [3.05, 3.63) is 63.6 Å². The zero-order chi connectivity index (χ0) is 15.6. The van der Waals surface area contributed by atoms with Crippen LogP contribution in [0.2, 0.25) is 0 Å². The van der Waals surface area contributed by atoms with Crippen LogP contribution < -0.4 is 5.32 Å². The molecule has 1 N–H and O–H groups in total. The second-order valence-corrected chi connectivity index (χ2v) is 5.34. The Labute approximate surface area is 128 Å². The van der Waals surface area contributed by atoms with Gasteiger partial charge in [0.25, 0.3) is 5.91 Å². The van der Waals surface area contributed by atoms with Crippen molar-refractivity contribution >= 4 is 27.5 Å². The lowest BCUT2D eigenvalue weighted by molar-refractivity contribution is -0.136. The minimum Gasteiger partial charge on any atom is -0.321 e. The number of alkyl halides is 3. The molecule has 0 atom stereocenters. The first-order chi connectivity index (χ1) is 9.79. The number of anilines is 1. The van der Waals surface area contributed by atoms with Crippen molar-refractivity contribution < 1.29 is 18.0 Å². The number of hydrogen-bond acceptors (Lipinski definition) is 1. The largest absolute Gasteiger partial charge is 0.418 e. The molecule has 1 amide bonds. The van der Waals surface area contributed by atoms with E-state index in [-0.39, 0.29) is 11.3 Å². The molecule has 0 unspecified atom stereocenters. The summed E-state index contributed by atoms with van der Waals surface area (Å²) >= 11 is 3.24. The van der Waals surface area contributed by atoms with E-state index in [1.54, 1.807) is 18.2 Å². The predicted octanol–water partition coefficient (Wildman–Crippen LogP) is 5.03. The van der Waals surface area contributed by atoms with Crippen LogP contribution in [0.3, 0.4) is 0 Å². The number of hydrogen-bond donors (Lipinski definition) is 1. The maximum absolute atomic E-state index is 12.9. The third-order valence-electron chi connectivity index (χ3n) is 2.85. The molecule has 0 aliphatic heterocycles. The molecule has 0 radical (unpaired) electrons. The summed E-state index contributed by atoms with van der Waals surface area (Å²) in [6.45, 7) is 1.85. The maximum Gasteiger partial charge on any atom is 0.418 e. The van der Waals surface area contributed by atoms with Gasteiger partial charge < -0.3 is 5.32 Å². The number of aryl methyl sites for hydroxylation is 1. The summed E-state index contributed by atoms with van der Waals surface area (Å²) in [6.07, 6.45) is -4.52. The van der Waals surface area contributed by atoms with Crippen LogP contribution in [-0.4, -0.2) is 5.91 Å². The van der Waals surface area contributed by atoms with Crippen molar-refractivity contribution in [3.8, 4) is 0 Å². The molecule has 0 saturated heterocycles. The highest BCUT2D eigenvalue weighted by atomic mass is 79.9. The number of amides is 1. The third-order valence-corrected chi connectivity index (χ3v) is 3.51. The number of nitrogens with one attached hydrogen (secondary N) is 1. The molecule has 0 heterocycles. The van der Waals surface area contributed by atoms with Crippen molar-refractivity contribution in [1.29, 1.82) is 0 Å². The van der Waals surface area contributed by atoms with Crippen LogP contribution in [0.5, 0.6) is 0 Å². The van der Waals surface area contributed by atoms with E-state index in [1.807, 2.05) is 6.92 Å². The molecule has 0 fully saturated rings. The first-order valence-corrected chi connectivity index (χ1v) is 6.82. The average Bonchev–Trinajstić information content (AvgIpc) is 2.37. The average molecular weight is 358 g/mol. The lowest BCUT2D eigenvalue weighted by atomic mass is 10.1. The predicted molar refractivity (Wildman–Crippen MR) is 78.3 cm³/mol. The molecule has 0 aliphatic carbocycles. The summed E-state index contributed by atoms with van der Waals surface area (Å²) in [5.74, 6) is -0.599. The van der Waals surface area contributed by atoms with Crippen LogP contribution in [0.25, 0.3) is 0 Å². The van der Waals surface area contributed by atoms with Crippen LogP contribution in [0.1, 0.15) is 21.5 Å². The van der Waals surface area contributed by atoms with Gasteiger partial charge in [-0.15, -0.1) is 0 Å². The molecule has 2 nitrogen and oxygen atoms in total. The Bertz CT molecular complexity index is 683. The second kappa shape index (κ2) is 5.89. The SMILES string of the molecule is Cc1ccc(C(=O)Nc2ccccc2C(F)(F)F)c(Br)c1. The standard InChI is InChI=1S/C15H11BrF3NO/c1-9-6-7-10(12(16)8-9)14(21)20-13-5-3-2-4-11(13)15(17,18)19/h2-8H,1H3,(H,20,21). The summed E-state index contributed by atoms with van der Waals surface area (Å²) in [5.41, 5.74) is 0.0794. The minimum atomic E-state index is -4.52. The van der Waals surface area contributed by atoms with Crippen molar-refractivity contribution in [2.45, 2.75) is 13.1 Å². The molecule has 2 aromatic carbocycles. The zero-order valence-corrected chi connectivity index (χ0v) is 12.5. The molecule has 0 aromatic heterocycles. The Morgan fingerprint density at radius 2 is 1.81 bits per heavy atom. The van der Waals surface area contributed by atoms with E-state index in [0.717, 1.165) is 11.6 Å². The third kappa shape index (κ3) is 3.64. The van der Waals surface area contributed by atoms with Gasteiger partial charge in [-0.25, -0.2) is 0 Å². The number of para-hydroxylation sites is 1. The highest BCUT2D eigenvalue weighted by Gasteiger charge is 2.33. The quantitative estimate of drug-likeness (QED) is 0.802. The zero-order valence-electron chi connectivity index (χ0n) is 11.0. The fourth-order valence-corrected chi connectivity index (χ4v) is 2.51. The number of rotatable bonds is 2. The molecule has 21 heavy (non-hydrogen) atoms. The van der Waals surface area contributed by atoms with Gasteiger partial charge in [-0.05, 0) is 52.7 Å². The minimum absolute atomic E-state index is 0.262. The summed E-state index contributed by atoms with van der Waals surface area (Å²) in [5, 5.41) is 2.30. The van der Waals surface area contributed by atoms with Gasteiger partial charge in [0.05, 0.1) is 16.8 Å². The van der Waals surface area contributed by atoms with E-state index in [0.29, 0.717) is 4.47 Å². The fraction of sp³-hybridized carbons (Fsp3) is 0.133. The van der Waals surface area contributed by atoms with Crippen LogP contribution in [-0.2, 0) is 6.18 Å². The smallest absolute Gasteiger partial charge is 0.321 e. The molecule has 0 spiro atoms. The number of carbonyl (C=O) groups is 1. The Morgan fingerprint density at radius 1 is 1.14 bits per heavy atom. The van der Waals surface area contributed by atoms with E-state index in [2.05, 4.69) is 21.2 Å². The van der Waals surface area contributed by atoms with Gasteiger partial charge in [0.1, 0.15) is 0 Å². The number of benzene rings is 2. The highest BCUT2D eigenvalue weighted by molar-refractivity contribution is 9.10. The highest BCUT2D eigenvalue weighted by Crippen LogP contribution is 2.34. The maximum atomic E-state index is 12.9. The van der Waals surface area contributed by atoms with Crippen molar-refractivity contribution in [3.63, 3.8) is 0 Å². The van der Waals surface area contributed by atoms with Crippen molar-refractivity contribution in [2.24, 2.45) is 0 Å². The summed E-state index contributed by atoms with van der Waals surface area (Å²) in [6, 6.07) is 9.88.